The number of rotatable bonds is 4. The van der Waals surface area contributed by atoms with Gasteiger partial charge in [-0.1, -0.05) is 41.6 Å². The average molecular weight is 395 g/mol. The number of hydrogen-bond donors (Lipinski definition) is 0. The number of benzene rings is 1. The summed E-state index contributed by atoms with van der Waals surface area (Å²) in [6.07, 6.45) is 3.66. The smallest absolute Gasteiger partial charge is 0.177 e. The van der Waals surface area contributed by atoms with Gasteiger partial charge in [0.25, 0.3) is 0 Å². The van der Waals surface area contributed by atoms with E-state index in [0.717, 1.165) is 45.2 Å². The van der Waals surface area contributed by atoms with Crippen LogP contribution >= 0.6 is 0 Å². The van der Waals surface area contributed by atoms with Gasteiger partial charge in [0.1, 0.15) is 17.6 Å². The number of pyridine rings is 2. The lowest BCUT2D eigenvalue weighted by Crippen LogP contribution is -2.15. The van der Waals surface area contributed by atoms with Crippen LogP contribution in [0.15, 0.2) is 71.5 Å². The minimum absolute atomic E-state index is 0.112. The topological polar surface area (TPSA) is 69.6 Å². The van der Waals surface area contributed by atoms with E-state index in [0.29, 0.717) is 5.65 Å². The Labute approximate surface area is 174 Å². The summed E-state index contributed by atoms with van der Waals surface area (Å²) >= 11 is 0. The van der Waals surface area contributed by atoms with Crippen molar-refractivity contribution >= 4 is 11.2 Å². The monoisotopic (exact) mass is 395 g/mol. The zero-order valence-corrected chi connectivity index (χ0v) is 17.1. The highest BCUT2D eigenvalue weighted by atomic mass is 16.5. The molecule has 0 N–H and O–H groups in total. The third-order valence-electron chi connectivity index (χ3n) is 5.39. The molecule has 4 heterocycles. The molecule has 0 saturated carbocycles. The fraction of sp³-hybridized carbons (Fsp3) is 0.167. The Kier molecular flexibility index (Phi) is 4.39. The van der Waals surface area contributed by atoms with Crippen LogP contribution < -0.4 is 0 Å². The van der Waals surface area contributed by atoms with Crippen LogP contribution in [0.4, 0.5) is 0 Å². The van der Waals surface area contributed by atoms with E-state index in [-0.39, 0.29) is 6.04 Å². The molecule has 6 heteroatoms. The van der Waals surface area contributed by atoms with E-state index >= 15 is 0 Å². The molecule has 0 radical (unpaired) electrons. The third kappa shape index (κ3) is 2.97. The van der Waals surface area contributed by atoms with Crippen molar-refractivity contribution in [1.82, 2.24) is 24.7 Å². The maximum atomic E-state index is 5.37. The summed E-state index contributed by atoms with van der Waals surface area (Å²) in [4.78, 5) is 14.1. The Morgan fingerprint density at radius 1 is 0.933 bits per heavy atom. The number of aromatic nitrogens is 5. The van der Waals surface area contributed by atoms with Gasteiger partial charge in [0.15, 0.2) is 5.65 Å². The predicted molar refractivity (Wildman–Crippen MR) is 115 cm³/mol. The molecule has 0 bridgehead atoms. The second-order valence-corrected chi connectivity index (χ2v) is 7.36. The molecular formula is C24H21N5O. The maximum absolute atomic E-state index is 5.37. The van der Waals surface area contributed by atoms with Crippen LogP contribution in [0.3, 0.4) is 0 Å². The molecule has 5 rings (SSSR count). The van der Waals surface area contributed by atoms with Crippen molar-refractivity contribution in [3.8, 4) is 11.1 Å². The van der Waals surface area contributed by atoms with Crippen molar-refractivity contribution in [2.75, 3.05) is 0 Å². The lowest BCUT2D eigenvalue weighted by Gasteiger charge is -2.21. The number of nitrogens with zero attached hydrogens (tertiary/aromatic N) is 5. The quantitative estimate of drug-likeness (QED) is 0.426. The highest BCUT2D eigenvalue weighted by molar-refractivity contribution is 5.80. The van der Waals surface area contributed by atoms with E-state index in [2.05, 4.69) is 44.0 Å². The predicted octanol–water partition coefficient (Wildman–Crippen LogP) is 5.04. The summed E-state index contributed by atoms with van der Waals surface area (Å²) in [6.45, 7) is 5.87. The lowest BCUT2D eigenvalue weighted by molar-refractivity contribution is 0.393. The van der Waals surface area contributed by atoms with Gasteiger partial charge in [0, 0.05) is 23.5 Å². The maximum Gasteiger partial charge on any atom is 0.177 e. The molecule has 0 aliphatic rings. The van der Waals surface area contributed by atoms with E-state index in [1.807, 2.05) is 63.5 Å². The van der Waals surface area contributed by atoms with Crippen LogP contribution in [0.5, 0.6) is 0 Å². The van der Waals surface area contributed by atoms with Crippen molar-refractivity contribution in [1.29, 1.82) is 0 Å². The molecule has 0 fully saturated rings. The molecular weight excluding hydrogens is 374 g/mol. The van der Waals surface area contributed by atoms with Gasteiger partial charge in [0.2, 0.25) is 0 Å². The molecule has 1 atom stereocenters. The Balaban J connectivity index is 1.77. The molecule has 6 nitrogen and oxygen atoms in total. The van der Waals surface area contributed by atoms with Crippen LogP contribution in [-0.2, 0) is 0 Å². The van der Waals surface area contributed by atoms with Crippen LogP contribution in [0.2, 0.25) is 0 Å². The van der Waals surface area contributed by atoms with Gasteiger partial charge in [0.05, 0.1) is 16.9 Å². The van der Waals surface area contributed by atoms with Crippen LogP contribution in [0, 0.1) is 20.8 Å². The summed E-state index contributed by atoms with van der Waals surface area (Å²) in [5.41, 5.74) is 6.54. The van der Waals surface area contributed by atoms with Gasteiger partial charge in [-0.05, 0) is 44.5 Å². The fourth-order valence-electron chi connectivity index (χ4n) is 4.07. The normalized spacial score (nSPS) is 12.4. The number of fused-ring (bicyclic) bond motifs is 1. The van der Waals surface area contributed by atoms with Gasteiger partial charge in [-0.25, -0.2) is 9.97 Å². The first-order chi connectivity index (χ1) is 14.6. The van der Waals surface area contributed by atoms with Crippen molar-refractivity contribution in [2.24, 2.45) is 0 Å². The van der Waals surface area contributed by atoms with E-state index in [9.17, 15) is 0 Å². The highest BCUT2D eigenvalue weighted by Crippen LogP contribution is 2.33. The van der Waals surface area contributed by atoms with E-state index in [4.69, 9.17) is 9.51 Å². The molecule has 0 aliphatic heterocycles. The molecule has 1 aromatic carbocycles. The first-order valence-electron chi connectivity index (χ1n) is 9.87. The van der Waals surface area contributed by atoms with Crippen molar-refractivity contribution < 1.29 is 4.52 Å². The van der Waals surface area contributed by atoms with Crippen LogP contribution in [-0.4, -0.2) is 24.7 Å². The van der Waals surface area contributed by atoms with Gasteiger partial charge < -0.3 is 9.09 Å². The zero-order valence-electron chi connectivity index (χ0n) is 17.1. The molecule has 0 aliphatic carbocycles. The second-order valence-electron chi connectivity index (χ2n) is 7.36. The van der Waals surface area contributed by atoms with Crippen LogP contribution in [0.1, 0.15) is 34.6 Å². The Bertz CT molecular complexity index is 1260. The van der Waals surface area contributed by atoms with Gasteiger partial charge >= 0.3 is 0 Å². The largest absolute Gasteiger partial charge is 0.361 e. The number of hydrogen-bond acceptors (Lipinski definition) is 5. The molecule has 148 valence electrons. The SMILES string of the molecule is Cc1noc(C)c1-c1cnc2nc(C)n([C@@H](c3ccccc3)c3ccccn3)c2c1. The second kappa shape index (κ2) is 7.22. The number of imidazole rings is 1. The summed E-state index contributed by atoms with van der Waals surface area (Å²) < 4.78 is 7.58. The molecule has 0 amide bonds. The minimum atomic E-state index is -0.112. The average Bonchev–Trinajstić information content (AvgIpc) is 3.28. The van der Waals surface area contributed by atoms with Crippen LogP contribution in [0.25, 0.3) is 22.3 Å². The third-order valence-corrected chi connectivity index (χ3v) is 5.39. The Morgan fingerprint density at radius 2 is 1.73 bits per heavy atom. The summed E-state index contributed by atoms with van der Waals surface area (Å²) in [5, 5.41) is 4.10. The minimum Gasteiger partial charge on any atom is -0.361 e. The van der Waals surface area contributed by atoms with Gasteiger partial charge in [-0.3, -0.25) is 4.98 Å². The Morgan fingerprint density at radius 3 is 2.43 bits per heavy atom. The molecule has 0 spiro atoms. The molecule has 0 saturated heterocycles. The molecule has 0 unspecified atom stereocenters. The van der Waals surface area contributed by atoms with E-state index in [1.54, 1.807) is 0 Å². The standard InChI is InChI=1S/C24H21N5O/c1-15-22(16(2)30-28-15)19-13-21-24(26-14-19)27-17(3)29(21)23(18-9-5-4-6-10-18)20-11-7-8-12-25-20/h4-14,23H,1-3H3/t23-/m0/s1. The fourth-order valence-corrected chi connectivity index (χ4v) is 4.07. The Hall–Kier alpha value is -3.80. The van der Waals surface area contributed by atoms with E-state index < -0.39 is 0 Å². The molecule has 5 aromatic rings. The summed E-state index contributed by atoms with van der Waals surface area (Å²) in [7, 11) is 0. The van der Waals surface area contributed by atoms with Crippen molar-refractivity contribution in [3.05, 3.63) is 95.5 Å². The number of aryl methyl sites for hydroxylation is 3. The molecule has 4 aromatic heterocycles. The van der Waals surface area contributed by atoms with Crippen molar-refractivity contribution in [2.45, 2.75) is 26.8 Å². The zero-order chi connectivity index (χ0) is 20.7. The van der Waals surface area contributed by atoms with Crippen molar-refractivity contribution in [3.63, 3.8) is 0 Å². The van der Waals surface area contributed by atoms with Gasteiger partial charge in [-0.2, -0.15) is 0 Å². The molecule has 30 heavy (non-hydrogen) atoms. The summed E-state index contributed by atoms with van der Waals surface area (Å²) in [5.74, 6) is 1.66. The van der Waals surface area contributed by atoms with Gasteiger partial charge in [-0.15, -0.1) is 0 Å². The summed E-state index contributed by atoms with van der Waals surface area (Å²) in [6, 6.07) is 18.4. The van der Waals surface area contributed by atoms with E-state index in [1.165, 1.54) is 0 Å². The first kappa shape index (κ1) is 18.2. The first-order valence-corrected chi connectivity index (χ1v) is 9.87. The lowest BCUT2D eigenvalue weighted by atomic mass is 10.0. The highest BCUT2D eigenvalue weighted by Gasteiger charge is 2.23.